The number of nitrogen functional groups attached to an aromatic ring is 1. The third kappa shape index (κ3) is 2.66. The van der Waals surface area contributed by atoms with E-state index in [1.807, 2.05) is 31.3 Å². The van der Waals surface area contributed by atoms with Gasteiger partial charge < -0.3 is 10.6 Å². The van der Waals surface area contributed by atoms with E-state index in [1.165, 1.54) is 0 Å². The van der Waals surface area contributed by atoms with Gasteiger partial charge in [-0.05, 0) is 43.7 Å². The first-order valence-electron chi connectivity index (χ1n) is 6.71. The zero-order valence-corrected chi connectivity index (χ0v) is 11.2. The predicted octanol–water partition coefficient (Wildman–Crippen LogP) is 3.06. The molecule has 0 radical (unpaired) electrons. The average molecular weight is 246 g/mol. The molecule has 1 aromatic carbocycles. The Morgan fingerprint density at radius 1 is 1.22 bits per heavy atom. The summed E-state index contributed by atoms with van der Waals surface area (Å²) in [5.41, 5.74) is 7.40. The van der Waals surface area contributed by atoms with Crippen LogP contribution in [0.1, 0.15) is 32.6 Å². The number of hydrogen-bond donors (Lipinski definition) is 1. The number of hydrogen-bond acceptors (Lipinski definition) is 2. The van der Waals surface area contributed by atoms with Crippen molar-refractivity contribution in [1.29, 1.82) is 0 Å². The van der Waals surface area contributed by atoms with Crippen LogP contribution >= 0.6 is 0 Å². The lowest BCUT2D eigenvalue weighted by Gasteiger charge is -2.29. The molecule has 0 aromatic heterocycles. The van der Waals surface area contributed by atoms with Crippen molar-refractivity contribution in [2.75, 3.05) is 17.7 Å². The highest BCUT2D eigenvalue weighted by Gasteiger charge is 2.27. The standard InChI is InChI=1S/C15H22N2O/c1-11-7-9-12(10-8-11)15(18)17(2)14-6-4-3-5-13(14)16/h3-6,11-12H,7-10,16H2,1-2H3. The number of amides is 1. The fraction of sp³-hybridized carbons (Fsp3) is 0.533. The third-order valence-corrected chi connectivity index (χ3v) is 3.99. The molecule has 1 saturated carbocycles. The van der Waals surface area contributed by atoms with Crippen LogP contribution < -0.4 is 10.6 Å². The fourth-order valence-electron chi connectivity index (χ4n) is 2.69. The SMILES string of the molecule is CC1CCC(C(=O)N(C)c2ccccc2N)CC1. The Balaban J connectivity index is 2.07. The molecule has 0 unspecified atom stereocenters. The number of rotatable bonds is 2. The topological polar surface area (TPSA) is 46.3 Å². The summed E-state index contributed by atoms with van der Waals surface area (Å²) in [7, 11) is 1.83. The molecule has 0 atom stereocenters. The summed E-state index contributed by atoms with van der Waals surface area (Å²) in [6, 6.07) is 7.54. The molecule has 98 valence electrons. The van der Waals surface area contributed by atoms with Crippen LogP contribution in [0.4, 0.5) is 11.4 Å². The zero-order chi connectivity index (χ0) is 13.1. The number of nitrogens with zero attached hydrogens (tertiary/aromatic N) is 1. The molecule has 2 N–H and O–H groups in total. The quantitative estimate of drug-likeness (QED) is 0.815. The number of nitrogens with two attached hydrogens (primary N) is 1. The first-order chi connectivity index (χ1) is 8.59. The van der Waals surface area contributed by atoms with E-state index in [0.29, 0.717) is 5.69 Å². The third-order valence-electron chi connectivity index (χ3n) is 3.99. The molecule has 3 heteroatoms. The highest BCUT2D eigenvalue weighted by Crippen LogP contribution is 2.31. The highest BCUT2D eigenvalue weighted by atomic mass is 16.2. The van der Waals surface area contributed by atoms with Crippen LogP contribution in [0.2, 0.25) is 0 Å². The van der Waals surface area contributed by atoms with Crippen LogP contribution in [0.25, 0.3) is 0 Å². The van der Waals surface area contributed by atoms with Crippen molar-refractivity contribution >= 4 is 17.3 Å². The van der Waals surface area contributed by atoms with Crippen LogP contribution in [0.5, 0.6) is 0 Å². The Bertz CT molecular complexity index is 422. The minimum atomic E-state index is 0.172. The summed E-state index contributed by atoms with van der Waals surface area (Å²) >= 11 is 0. The van der Waals surface area contributed by atoms with E-state index < -0.39 is 0 Å². The molecule has 1 aromatic rings. The maximum absolute atomic E-state index is 12.4. The second kappa shape index (κ2) is 5.42. The summed E-state index contributed by atoms with van der Waals surface area (Å²) in [4.78, 5) is 14.1. The molecule has 18 heavy (non-hydrogen) atoms. The molecular weight excluding hydrogens is 224 g/mol. The Hall–Kier alpha value is -1.51. The lowest BCUT2D eigenvalue weighted by atomic mass is 9.82. The minimum absolute atomic E-state index is 0.172. The van der Waals surface area contributed by atoms with E-state index in [0.717, 1.165) is 37.3 Å². The van der Waals surface area contributed by atoms with Crippen LogP contribution in [0.15, 0.2) is 24.3 Å². The first kappa shape index (κ1) is 12.9. The fourth-order valence-corrected chi connectivity index (χ4v) is 2.69. The molecule has 1 aliphatic rings. The Labute approximate surface area is 109 Å². The maximum atomic E-state index is 12.4. The molecule has 0 spiro atoms. The van der Waals surface area contributed by atoms with Gasteiger partial charge in [-0.15, -0.1) is 0 Å². The van der Waals surface area contributed by atoms with Gasteiger partial charge >= 0.3 is 0 Å². The molecule has 1 fully saturated rings. The van der Waals surface area contributed by atoms with Crippen molar-refractivity contribution in [3.8, 4) is 0 Å². The van der Waals surface area contributed by atoms with Gasteiger partial charge in [0.15, 0.2) is 0 Å². The number of carbonyl (C=O) groups excluding carboxylic acids is 1. The summed E-state index contributed by atoms with van der Waals surface area (Å²) in [5.74, 6) is 1.15. The molecule has 1 amide bonds. The van der Waals surface area contributed by atoms with Crippen LogP contribution in [0.3, 0.4) is 0 Å². The van der Waals surface area contributed by atoms with E-state index in [-0.39, 0.29) is 11.8 Å². The second-order valence-electron chi connectivity index (χ2n) is 5.41. The Morgan fingerprint density at radius 2 is 1.83 bits per heavy atom. The van der Waals surface area contributed by atoms with E-state index in [9.17, 15) is 4.79 Å². The van der Waals surface area contributed by atoms with E-state index in [1.54, 1.807) is 4.90 Å². The molecule has 0 heterocycles. The summed E-state index contributed by atoms with van der Waals surface area (Å²) in [6.07, 6.45) is 4.34. The van der Waals surface area contributed by atoms with Crippen LogP contribution in [-0.4, -0.2) is 13.0 Å². The Kier molecular flexibility index (Phi) is 3.90. The molecular formula is C15H22N2O. The maximum Gasteiger partial charge on any atom is 0.229 e. The van der Waals surface area contributed by atoms with Gasteiger partial charge in [0.25, 0.3) is 0 Å². The van der Waals surface area contributed by atoms with Gasteiger partial charge in [-0.25, -0.2) is 0 Å². The lowest BCUT2D eigenvalue weighted by molar-refractivity contribution is -0.123. The van der Waals surface area contributed by atoms with Crippen molar-refractivity contribution < 1.29 is 4.79 Å². The van der Waals surface area contributed by atoms with Crippen molar-refractivity contribution in [3.63, 3.8) is 0 Å². The van der Waals surface area contributed by atoms with Gasteiger partial charge in [0.05, 0.1) is 11.4 Å². The Morgan fingerprint density at radius 3 is 2.44 bits per heavy atom. The molecule has 3 nitrogen and oxygen atoms in total. The monoisotopic (exact) mass is 246 g/mol. The summed E-state index contributed by atoms with van der Waals surface area (Å²) < 4.78 is 0. The lowest BCUT2D eigenvalue weighted by Crippen LogP contribution is -2.35. The molecule has 0 bridgehead atoms. The van der Waals surface area contributed by atoms with Crippen LogP contribution in [-0.2, 0) is 4.79 Å². The second-order valence-corrected chi connectivity index (χ2v) is 5.41. The van der Waals surface area contributed by atoms with Crippen molar-refractivity contribution in [3.05, 3.63) is 24.3 Å². The molecule has 2 rings (SSSR count). The van der Waals surface area contributed by atoms with Crippen LogP contribution in [0, 0.1) is 11.8 Å². The van der Waals surface area contributed by atoms with E-state index >= 15 is 0 Å². The summed E-state index contributed by atoms with van der Waals surface area (Å²) in [6.45, 7) is 2.26. The number of carbonyl (C=O) groups is 1. The zero-order valence-electron chi connectivity index (χ0n) is 11.2. The minimum Gasteiger partial charge on any atom is -0.397 e. The first-order valence-corrected chi connectivity index (χ1v) is 6.71. The number of benzene rings is 1. The van der Waals surface area contributed by atoms with E-state index in [4.69, 9.17) is 5.73 Å². The summed E-state index contributed by atoms with van der Waals surface area (Å²) in [5, 5.41) is 0. The predicted molar refractivity (Wildman–Crippen MR) is 75.4 cm³/mol. The molecule has 1 aliphatic carbocycles. The van der Waals surface area contributed by atoms with Crippen molar-refractivity contribution in [1.82, 2.24) is 0 Å². The van der Waals surface area contributed by atoms with Gasteiger partial charge in [-0.3, -0.25) is 4.79 Å². The van der Waals surface area contributed by atoms with Gasteiger partial charge in [0.2, 0.25) is 5.91 Å². The van der Waals surface area contributed by atoms with Crippen molar-refractivity contribution in [2.45, 2.75) is 32.6 Å². The van der Waals surface area contributed by atoms with Gasteiger partial charge in [-0.2, -0.15) is 0 Å². The van der Waals surface area contributed by atoms with Gasteiger partial charge in [0.1, 0.15) is 0 Å². The van der Waals surface area contributed by atoms with E-state index in [2.05, 4.69) is 6.92 Å². The average Bonchev–Trinajstić information content (AvgIpc) is 2.38. The van der Waals surface area contributed by atoms with Crippen molar-refractivity contribution in [2.24, 2.45) is 11.8 Å². The van der Waals surface area contributed by atoms with Gasteiger partial charge in [0, 0.05) is 13.0 Å². The van der Waals surface area contributed by atoms with Gasteiger partial charge in [-0.1, -0.05) is 19.1 Å². The number of anilines is 2. The number of para-hydroxylation sites is 2. The molecule has 0 saturated heterocycles. The highest BCUT2D eigenvalue weighted by molar-refractivity contribution is 5.97. The normalized spacial score (nSPS) is 23.7. The molecule has 0 aliphatic heterocycles. The largest absolute Gasteiger partial charge is 0.397 e. The smallest absolute Gasteiger partial charge is 0.229 e.